The van der Waals surface area contributed by atoms with E-state index in [0.29, 0.717) is 11.8 Å². The molecule has 0 saturated carbocycles. The summed E-state index contributed by atoms with van der Waals surface area (Å²) in [6, 6.07) is 38.7. The molecule has 0 spiro atoms. The van der Waals surface area contributed by atoms with E-state index >= 15 is 0 Å². The average molecular weight is 813 g/mol. The molecule has 0 unspecified atom stereocenters. The Morgan fingerprint density at radius 2 is 1.06 bits per heavy atom. The van der Waals surface area contributed by atoms with Crippen LogP contribution in [0.2, 0.25) is 13.1 Å². The summed E-state index contributed by atoms with van der Waals surface area (Å²) in [5.74, 6) is 1.13. The SMILES string of the molecule is CC(C)c1cc2c(-c3ccc(C(C)(C)C)cc3)cccc2[cH-]1.C[Si](C)=[Zr+2].Cc1cc2c(-c3ccc(C(C)(C)C)cc3)ccc(C(C)C)c2[cH-]1.[Cl-].[Cl-]. The van der Waals surface area contributed by atoms with Gasteiger partial charge in [-0.25, -0.2) is 0 Å². The summed E-state index contributed by atoms with van der Waals surface area (Å²) in [5.41, 5.74) is 12.9. The van der Waals surface area contributed by atoms with Crippen molar-refractivity contribution in [1.82, 2.24) is 0 Å². The summed E-state index contributed by atoms with van der Waals surface area (Å²) in [5, 5.41) is 5.52. The van der Waals surface area contributed by atoms with Gasteiger partial charge in [0.05, 0.1) is 0 Å². The smallest absolute Gasteiger partial charge is 0.0132 e. The molecule has 0 aromatic heterocycles. The van der Waals surface area contributed by atoms with Gasteiger partial charge in [0.2, 0.25) is 0 Å². The molecule has 0 radical (unpaired) electrons. The van der Waals surface area contributed by atoms with E-state index in [4.69, 9.17) is 0 Å². The first-order valence-corrected chi connectivity index (χ1v) is 24.2. The van der Waals surface area contributed by atoms with Gasteiger partial charge in [0.25, 0.3) is 0 Å². The Hall–Kier alpha value is -2.22. The van der Waals surface area contributed by atoms with E-state index in [1.807, 2.05) is 0 Å². The maximum atomic E-state index is 2.35. The minimum absolute atomic E-state index is 0. The quantitative estimate of drug-likeness (QED) is 0.124. The Bertz CT molecular complexity index is 2000. The largest absolute Gasteiger partial charge is 1.00 e. The van der Waals surface area contributed by atoms with E-state index in [1.165, 1.54) is 71.6 Å². The first-order valence-electron chi connectivity index (χ1n) is 18.0. The van der Waals surface area contributed by atoms with E-state index in [2.05, 4.69) is 192 Å². The Balaban J connectivity index is 0.000000309. The Kier molecular flexibility index (Phi) is 16.5. The van der Waals surface area contributed by atoms with Gasteiger partial charge in [0.15, 0.2) is 0 Å². The number of rotatable bonds is 4. The van der Waals surface area contributed by atoms with E-state index in [0.717, 1.165) is 0 Å². The molecule has 0 saturated heterocycles. The molecular formula is C47H58Cl2SiZr-2. The van der Waals surface area contributed by atoms with Crippen LogP contribution in [-0.2, 0) is 34.2 Å². The summed E-state index contributed by atoms with van der Waals surface area (Å²) in [7, 11) is 0. The van der Waals surface area contributed by atoms with Crippen LogP contribution >= 0.6 is 0 Å². The summed E-state index contributed by atoms with van der Waals surface area (Å²) < 4.78 is 0. The molecule has 0 aliphatic heterocycles. The fraction of sp³-hybridized carbons (Fsp3) is 0.362. The van der Waals surface area contributed by atoms with Crippen molar-refractivity contribution >= 4 is 27.0 Å². The van der Waals surface area contributed by atoms with E-state index in [1.54, 1.807) is 23.3 Å². The minimum Gasteiger partial charge on any atom is -1.00 e. The molecule has 0 N–H and O–H groups in total. The maximum Gasteiger partial charge on any atom is -0.0132 e. The zero-order valence-corrected chi connectivity index (χ0v) is 38.2. The maximum absolute atomic E-state index is 2.35. The molecule has 0 aliphatic rings. The van der Waals surface area contributed by atoms with Crippen molar-refractivity contribution < 1.29 is 48.1 Å². The summed E-state index contributed by atoms with van der Waals surface area (Å²) in [6.07, 6.45) is 0. The standard InChI is InChI=1S/C23H27.C22H25.C2H6Si.2ClH.Zr/c1-15(2)19-11-12-20(22-14-16(3)13-21(19)22)17-7-9-18(10-8-17)23(4,5)6;1-15(2)18-13-17-7-6-8-20(21(17)14-18)16-9-11-19(12-10-16)22(3,4)5;1-3-2;;;/h7-15H,1-6H3;6-15H,1-5H3;1-2H3;2*1H;/q2*-1;;;;+2/p-2. The van der Waals surface area contributed by atoms with Crippen LogP contribution in [0.25, 0.3) is 43.8 Å². The fourth-order valence-corrected chi connectivity index (χ4v) is 6.36. The zero-order chi connectivity index (χ0) is 36.3. The topological polar surface area (TPSA) is 0 Å². The molecule has 0 nitrogen and oxygen atoms in total. The number of halogens is 2. The van der Waals surface area contributed by atoms with Gasteiger partial charge in [-0.3, -0.25) is 0 Å². The Labute approximate surface area is 337 Å². The second-order valence-corrected chi connectivity index (χ2v) is 26.0. The molecular weight excluding hydrogens is 755 g/mol. The number of hydrogen-bond donors (Lipinski definition) is 0. The van der Waals surface area contributed by atoms with Gasteiger partial charge in [0, 0.05) is 0 Å². The molecule has 0 bridgehead atoms. The van der Waals surface area contributed by atoms with E-state index in [9.17, 15) is 0 Å². The molecule has 6 aromatic carbocycles. The second kappa shape index (κ2) is 18.7. The fourth-order valence-electron chi connectivity index (χ4n) is 6.36. The monoisotopic (exact) mass is 810 g/mol. The molecule has 270 valence electrons. The Morgan fingerprint density at radius 1 is 0.588 bits per heavy atom. The second-order valence-electron chi connectivity index (χ2n) is 16.6. The van der Waals surface area contributed by atoms with Gasteiger partial charge in [-0.1, -0.05) is 154 Å². The predicted molar refractivity (Wildman–Crippen MR) is 218 cm³/mol. The molecule has 51 heavy (non-hydrogen) atoms. The third-order valence-corrected chi connectivity index (χ3v) is 9.25. The van der Waals surface area contributed by atoms with Crippen LogP contribution in [0.15, 0.2) is 103 Å². The van der Waals surface area contributed by atoms with Crippen molar-refractivity contribution in [3.05, 3.63) is 131 Å². The summed E-state index contributed by atoms with van der Waals surface area (Å²) in [4.78, 5) is 0. The zero-order valence-electron chi connectivity index (χ0n) is 33.2. The summed E-state index contributed by atoms with van der Waals surface area (Å²) >= 11 is 1.74. The third-order valence-electron chi connectivity index (χ3n) is 9.25. The van der Waals surface area contributed by atoms with Gasteiger partial charge in [-0.15, -0.1) is 68.6 Å². The minimum atomic E-state index is 0. The number of aryl methyl sites for hydroxylation is 1. The summed E-state index contributed by atoms with van der Waals surface area (Å²) in [6.45, 7) is 29.4. The van der Waals surface area contributed by atoms with Crippen LogP contribution in [0, 0.1) is 6.92 Å². The Morgan fingerprint density at radius 3 is 1.49 bits per heavy atom. The molecule has 0 aliphatic carbocycles. The number of fused-ring (bicyclic) bond motifs is 2. The van der Waals surface area contributed by atoms with Crippen molar-refractivity contribution in [2.45, 2.75) is 112 Å². The first kappa shape index (κ1) is 44.9. The van der Waals surface area contributed by atoms with Crippen LogP contribution < -0.4 is 24.8 Å². The van der Waals surface area contributed by atoms with Crippen molar-refractivity contribution in [3.8, 4) is 22.3 Å². The van der Waals surface area contributed by atoms with Crippen LogP contribution in [0.1, 0.15) is 109 Å². The molecule has 0 fully saturated rings. The van der Waals surface area contributed by atoms with Crippen molar-refractivity contribution in [2.24, 2.45) is 0 Å². The van der Waals surface area contributed by atoms with E-state index in [-0.39, 0.29) is 41.1 Å². The number of benzene rings is 4. The van der Waals surface area contributed by atoms with Crippen LogP contribution in [0.5, 0.6) is 0 Å². The normalized spacial score (nSPS) is 11.4. The van der Waals surface area contributed by atoms with Crippen molar-refractivity contribution in [2.75, 3.05) is 0 Å². The van der Waals surface area contributed by atoms with Crippen LogP contribution in [-0.4, -0.2) is 5.43 Å². The van der Waals surface area contributed by atoms with Gasteiger partial charge >= 0.3 is 41.9 Å². The first-order chi connectivity index (χ1) is 22.9. The van der Waals surface area contributed by atoms with Gasteiger partial charge in [-0.05, 0) is 39.0 Å². The molecule has 0 heterocycles. The van der Waals surface area contributed by atoms with Gasteiger partial charge < -0.3 is 24.8 Å². The third kappa shape index (κ3) is 11.6. The molecule has 0 atom stereocenters. The molecule has 6 rings (SSSR count). The number of hydrogen-bond acceptors (Lipinski definition) is 0. The van der Waals surface area contributed by atoms with Crippen LogP contribution in [0.4, 0.5) is 0 Å². The van der Waals surface area contributed by atoms with E-state index < -0.39 is 0 Å². The van der Waals surface area contributed by atoms with Crippen LogP contribution in [0.3, 0.4) is 0 Å². The van der Waals surface area contributed by atoms with Crippen molar-refractivity contribution in [1.29, 1.82) is 0 Å². The van der Waals surface area contributed by atoms with Gasteiger partial charge in [0.1, 0.15) is 0 Å². The van der Waals surface area contributed by atoms with Crippen molar-refractivity contribution in [3.63, 3.8) is 0 Å². The molecule has 0 amide bonds. The van der Waals surface area contributed by atoms with Gasteiger partial charge in [-0.2, -0.15) is 12.1 Å². The average Bonchev–Trinajstić information content (AvgIpc) is 3.63. The predicted octanol–water partition coefficient (Wildman–Crippen LogP) is 8.39. The molecule has 6 aromatic rings. The molecule has 4 heteroatoms.